The molecule has 0 aliphatic carbocycles. The van der Waals surface area contributed by atoms with Gasteiger partial charge in [-0.2, -0.15) is 0 Å². The van der Waals surface area contributed by atoms with E-state index >= 15 is 0 Å². The lowest BCUT2D eigenvalue weighted by Crippen LogP contribution is -2.34. The summed E-state index contributed by atoms with van der Waals surface area (Å²) in [6.45, 7) is 5.74. The summed E-state index contributed by atoms with van der Waals surface area (Å²) in [7, 11) is 0. The van der Waals surface area contributed by atoms with E-state index in [-0.39, 0.29) is 30.6 Å². The standard InChI is InChI=1S/C24H39FN2O.2ClH/c25-22-9-11-24(12-10-22)28-20-15-21-13-18-27(19-14-21)17-6-2-1-3-7-23-8-4-5-16-26-23;;/h9-12,21,23,26H,1-8,13-20H2;2*1H. The Kier molecular flexibility index (Phi) is 14.8. The monoisotopic (exact) mass is 462 g/mol. The van der Waals surface area contributed by atoms with Crippen LogP contribution >= 0.6 is 24.8 Å². The van der Waals surface area contributed by atoms with Crippen LogP contribution in [0.15, 0.2) is 24.3 Å². The number of benzene rings is 1. The van der Waals surface area contributed by atoms with Gasteiger partial charge in [-0.1, -0.05) is 25.7 Å². The smallest absolute Gasteiger partial charge is 0.123 e. The van der Waals surface area contributed by atoms with E-state index in [0.717, 1.165) is 30.7 Å². The Hall–Kier alpha value is -0.550. The molecule has 1 unspecified atom stereocenters. The minimum Gasteiger partial charge on any atom is -0.494 e. The van der Waals surface area contributed by atoms with E-state index in [4.69, 9.17) is 4.74 Å². The van der Waals surface area contributed by atoms with Crippen molar-refractivity contribution in [2.75, 3.05) is 32.8 Å². The second-order valence-corrected chi connectivity index (χ2v) is 8.73. The zero-order valence-electron chi connectivity index (χ0n) is 18.3. The van der Waals surface area contributed by atoms with Crippen molar-refractivity contribution in [3.63, 3.8) is 0 Å². The fourth-order valence-electron chi connectivity index (χ4n) is 4.62. The van der Waals surface area contributed by atoms with Crippen LogP contribution < -0.4 is 10.1 Å². The molecule has 2 aliphatic heterocycles. The number of rotatable bonds is 11. The molecular formula is C24H41Cl2FN2O. The SMILES string of the molecule is Cl.Cl.Fc1ccc(OCCC2CCN(CCCCCCC3CCCCN3)CC2)cc1. The predicted octanol–water partition coefficient (Wildman–Crippen LogP) is 6.24. The number of likely N-dealkylation sites (tertiary alicyclic amines) is 1. The van der Waals surface area contributed by atoms with E-state index in [1.165, 1.54) is 103 Å². The van der Waals surface area contributed by atoms with E-state index in [9.17, 15) is 4.39 Å². The van der Waals surface area contributed by atoms with Crippen LogP contribution in [0.2, 0.25) is 0 Å². The van der Waals surface area contributed by atoms with Crippen molar-refractivity contribution in [3.8, 4) is 5.75 Å². The highest BCUT2D eigenvalue weighted by atomic mass is 35.5. The van der Waals surface area contributed by atoms with Gasteiger partial charge in [-0.25, -0.2) is 4.39 Å². The summed E-state index contributed by atoms with van der Waals surface area (Å²) in [6, 6.07) is 7.15. The highest BCUT2D eigenvalue weighted by Gasteiger charge is 2.18. The Bertz CT molecular complexity index is 533. The maximum absolute atomic E-state index is 12.9. The van der Waals surface area contributed by atoms with Gasteiger partial charge in [0.2, 0.25) is 0 Å². The number of hydrogen-bond acceptors (Lipinski definition) is 3. The first-order valence-electron chi connectivity index (χ1n) is 11.6. The summed E-state index contributed by atoms with van der Waals surface area (Å²) >= 11 is 0. The molecule has 0 amide bonds. The van der Waals surface area contributed by atoms with Crippen LogP contribution in [-0.4, -0.2) is 43.7 Å². The summed E-state index contributed by atoms with van der Waals surface area (Å²) < 4.78 is 18.7. The van der Waals surface area contributed by atoms with E-state index in [1.807, 2.05) is 0 Å². The van der Waals surface area contributed by atoms with Crippen LogP contribution in [0.5, 0.6) is 5.75 Å². The molecule has 2 fully saturated rings. The first-order chi connectivity index (χ1) is 13.8. The molecule has 0 bridgehead atoms. The number of unbranched alkanes of at least 4 members (excludes halogenated alkanes) is 3. The van der Waals surface area contributed by atoms with Crippen LogP contribution in [0.3, 0.4) is 0 Å². The van der Waals surface area contributed by atoms with Gasteiger partial charge < -0.3 is 15.0 Å². The van der Waals surface area contributed by atoms with Crippen molar-refractivity contribution in [1.82, 2.24) is 10.2 Å². The number of halogens is 3. The van der Waals surface area contributed by atoms with Crippen molar-refractivity contribution < 1.29 is 9.13 Å². The maximum atomic E-state index is 12.9. The first kappa shape index (κ1) is 27.5. The Labute approximate surface area is 195 Å². The van der Waals surface area contributed by atoms with E-state index in [2.05, 4.69) is 10.2 Å². The fraction of sp³-hybridized carbons (Fsp3) is 0.750. The van der Waals surface area contributed by atoms with Gasteiger partial charge in [0.25, 0.3) is 0 Å². The zero-order valence-corrected chi connectivity index (χ0v) is 20.0. The van der Waals surface area contributed by atoms with Crippen molar-refractivity contribution >= 4 is 24.8 Å². The predicted molar refractivity (Wildman–Crippen MR) is 129 cm³/mol. The molecule has 2 heterocycles. The largest absolute Gasteiger partial charge is 0.494 e. The normalized spacial score (nSPS) is 20.2. The Balaban J connectivity index is 0.00000225. The van der Waals surface area contributed by atoms with Gasteiger partial charge in [-0.05, 0) is 101 Å². The van der Waals surface area contributed by atoms with E-state index in [0.29, 0.717) is 0 Å². The highest BCUT2D eigenvalue weighted by Crippen LogP contribution is 2.22. The van der Waals surface area contributed by atoms with Crippen molar-refractivity contribution in [2.45, 2.75) is 76.7 Å². The molecule has 0 radical (unpaired) electrons. The number of ether oxygens (including phenoxy) is 1. The molecule has 0 saturated carbocycles. The van der Waals surface area contributed by atoms with Gasteiger partial charge in [0.15, 0.2) is 0 Å². The molecule has 2 saturated heterocycles. The average Bonchev–Trinajstić information content (AvgIpc) is 2.74. The fourth-order valence-corrected chi connectivity index (χ4v) is 4.62. The first-order valence-corrected chi connectivity index (χ1v) is 11.6. The number of nitrogens with zero attached hydrogens (tertiary/aromatic N) is 1. The second-order valence-electron chi connectivity index (χ2n) is 8.73. The third-order valence-electron chi connectivity index (χ3n) is 6.50. The molecule has 3 nitrogen and oxygen atoms in total. The molecule has 0 spiro atoms. The number of piperidine rings is 2. The quantitative estimate of drug-likeness (QED) is 0.393. The Morgan fingerprint density at radius 2 is 1.63 bits per heavy atom. The molecule has 1 aromatic rings. The van der Waals surface area contributed by atoms with Gasteiger partial charge in [-0.3, -0.25) is 0 Å². The summed E-state index contributed by atoms with van der Waals surface area (Å²) in [5.41, 5.74) is 0. The third kappa shape index (κ3) is 10.7. The van der Waals surface area contributed by atoms with E-state index < -0.39 is 0 Å². The second kappa shape index (κ2) is 16.1. The third-order valence-corrected chi connectivity index (χ3v) is 6.50. The zero-order chi connectivity index (χ0) is 19.4. The van der Waals surface area contributed by atoms with Crippen molar-refractivity contribution in [3.05, 3.63) is 30.1 Å². The van der Waals surface area contributed by atoms with Crippen LogP contribution in [0.4, 0.5) is 4.39 Å². The molecule has 30 heavy (non-hydrogen) atoms. The molecule has 1 N–H and O–H groups in total. The molecule has 6 heteroatoms. The van der Waals surface area contributed by atoms with E-state index in [1.54, 1.807) is 12.1 Å². The van der Waals surface area contributed by atoms with Crippen LogP contribution in [0.25, 0.3) is 0 Å². The van der Waals surface area contributed by atoms with Gasteiger partial charge in [0.1, 0.15) is 11.6 Å². The minimum atomic E-state index is -0.207. The number of nitrogens with one attached hydrogen (secondary N) is 1. The van der Waals surface area contributed by atoms with Crippen LogP contribution in [0.1, 0.15) is 70.6 Å². The molecule has 3 rings (SSSR count). The van der Waals surface area contributed by atoms with Crippen molar-refractivity contribution in [1.29, 1.82) is 0 Å². The number of hydrogen-bond donors (Lipinski definition) is 1. The van der Waals surface area contributed by atoms with Crippen molar-refractivity contribution in [2.24, 2.45) is 5.92 Å². The van der Waals surface area contributed by atoms with Gasteiger partial charge in [0, 0.05) is 6.04 Å². The summed E-state index contributed by atoms with van der Waals surface area (Å²) in [4.78, 5) is 2.65. The summed E-state index contributed by atoms with van der Waals surface area (Å²) in [6.07, 6.45) is 14.8. The Morgan fingerprint density at radius 3 is 2.33 bits per heavy atom. The molecule has 1 aromatic carbocycles. The molecule has 2 aliphatic rings. The molecule has 174 valence electrons. The lowest BCUT2D eigenvalue weighted by atomic mass is 9.93. The van der Waals surface area contributed by atoms with Crippen LogP contribution in [0, 0.1) is 11.7 Å². The highest BCUT2D eigenvalue weighted by molar-refractivity contribution is 5.85. The Morgan fingerprint density at radius 1 is 0.900 bits per heavy atom. The lowest BCUT2D eigenvalue weighted by molar-refractivity contribution is 0.161. The molecular weight excluding hydrogens is 422 g/mol. The molecule has 0 aromatic heterocycles. The minimum absolute atomic E-state index is 0. The lowest BCUT2D eigenvalue weighted by Gasteiger charge is -2.32. The summed E-state index contributed by atoms with van der Waals surface area (Å²) in [5, 5.41) is 3.66. The molecule has 1 atom stereocenters. The van der Waals surface area contributed by atoms with Crippen LogP contribution in [-0.2, 0) is 0 Å². The van der Waals surface area contributed by atoms with Gasteiger partial charge >= 0.3 is 0 Å². The van der Waals surface area contributed by atoms with Gasteiger partial charge in [-0.15, -0.1) is 24.8 Å². The summed E-state index contributed by atoms with van der Waals surface area (Å²) in [5.74, 6) is 1.35. The average molecular weight is 464 g/mol. The maximum Gasteiger partial charge on any atom is 0.123 e. The topological polar surface area (TPSA) is 24.5 Å². The van der Waals surface area contributed by atoms with Gasteiger partial charge in [0.05, 0.1) is 6.61 Å².